The summed E-state index contributed by atoms with van der Waals surface area (Å²) >= 11 is 0. The molecule has 17 heavy (non-hydrogen) atoms. The van der Waals surface area contributed by atoms with E-state index in [4.69, 9.17) is 5.73 Å². The largest absolute Gasteiger partial charge is 0.335 e. The van der Waals surface area contributed by atoms with Crippen LogP contribution in [-0.2, 0) is 10.0 Å². The molecular weight excluding hydrogens is 240 g/mol. The first kappa shape index (κ1) is 12.5. The quantitative estimate of drug-likeness (QED) is 0.767. The minimum Gasteiger partial charge on any atom is -0.335 e. The molecule has 0 aromatic carbocycles. The van der Waals surface area contributed by atoms with Crippen LogP contribution in [0.25, 0.3) is 0 Å². The summed E-state index contributed by atoms with van der Waals surface area (Å²) in [6, 6.07) is 0.134. The van der Waals surface area contributed by atoms with Crippen molar-refractivity contribution >= 4 is 10.0 Å². The number of hydrogen-bond acceptors (Lipinski definition) is 4. The molecule has 1 saturated carbocycles. The molecule has 7 heteroatoms. The van der Waals surface area contributed by atoms with Gasteiger partial charge in [0, 0.05) is 12.6 Å². The molecule has 0 spiro atoms. The zero-order valence-electron chi connectivity index (χ0n) is 9.67. The Bertz CT molecular complexity index is 439. The van der Waals surface area contributed by atoms with E-state index >= 15 is 0 Å². The molecule has 1 fully saturated rings. The predicted octanol–water partition coefficient (Wildman–Crippen LogP) is 0.302. The first-order chi connectivity index (χ1) is 8.16. The summed E-state index contributed by atoms with van der Waals surface area (Å²) < 4.78 is 26.3. The van der Waals surface area contributed by atoms with E-state index in [1.54, 1.807) is 4.31 Å². The predicted molar refractivity (Wildman–Crippen MR) is 63.8 cm³/mol. The lowest BCUT2D eigenvalue weighted by Gasteiger charge is -2.36. The van der Waals surface area contributed by atoms with Crippen LogP contribution in [0.4, 0.5) is 0 Å². The number of H-pyrrole nitrogens is 1. The van der Waals surface area contributed by atoms with Gasteiger partial charge in [0.2, 0.25) is 0 Å². The Balaban J connectivity index is 2.19. The van der Waals surface area contributed by atoms with E-state index in [-0.39, 0.29) is 11.1 Å². The van der Waals surface area contributed by atoms with Crippen molar-refractivity contribution < 1.29 is 8.42 Å². The van der Waals surface area contributed by atoms with E-state index in [1.807, 2.05) is 0 Å². The number of sulfonamides is 1. The molecule has 0 bridgehead atoms. The van der Waals surface area contributed by atoms with Gasteiger partial charge in [-0.15, -0.1) is 0 Å². The van der Waals surface area contributed by atoms with E-state index in [2.05, 4.69) is 9.97 Å². The van der Waals surface area contributed by atoms with Gasteiger partial charge in [0.05, 0.1) is 12.5 Å². The zero-order valence-corrected chi connectivity index (χ0v) is 10.5. The van der Waals surface area contributed by atoms with E-state index in [0.29, 0.717) is 19.5 Å². The summed E-state index contributed by atoms with van der Waals surface area (Å²) in [5, 5.41) is 0.168. The van der Waals surface area contributed by atoms with Crippen LogP contribution in [0.3, 0.4) is 0 Å². The van der Waals surface area contributed by atoms with Gasteiger partial charge in [-0.1, -0.05) is 6.42 Å². The van der Waals surface area contributed by atoms with Crippen molar-refractivity contribution in [3.8, 4) is 0 Å². The average Bonchev–Trinajstić information content (AvgIpc) is 2.74. The van der Waals surface area contributed by atoms with Crippen molar-refractivity contribution in [3.05, 3.63) is 12.5 Å². The van der Waals surface area contributed by atoms with Gasteiger partial charge in [0.15, 0.2) is 5.03 Å². The third-order valence-electron chi connectivity index (χ3n) is 3.12. The van der Waals surface area contributed by atoms with Gasteiger partial charge >= 0.3 is 0 Å². The second kappa shape index (κ2) is 5.16. The van der Waals surface area contributed by atoms with Crippen LogP contribution in [0.15, 0.2) is 17.6 Å². The molecule has 6 nitrogen and oxygen atoms in total. The van der Waals surface area contributed by atoms with Gasteiger partial charge < -0.3 is 10.7 Å². The molecule has 1 heterocycles. The summed E-state index contributed by atoms with van der Waals surface area (Å²) in [5.74, 6) is 0. The smallest absolute Gasteiger partial charge is 0.260 e. The van der Waals surface area contributed by atoms with Crippen molar-refractivity contribution in [3.63, 3.8) is 0 Å². The standard InChI is InChI=1S/C10H18N4O2S/c11-5-2-6-14(9-3-1-4-9)17(15,16)10-7-12-8-13-10/h7-9H,1-6,11H2,(H,12,13). The van der Waals surface area contributed by atoms with Gasteiger partial charge in [-0.3, -0.25) is 0 Å². The molecule has 96 valence electrons. The maximum atomic E-state index is 12.3. The van der Waals surface area contributed by atoms with Crippen molar-refractivity contribution in [1.29, 1.82) is 0 Å². The summed E-state index contributed by atoms with van der Waals surface area (Å²) in [5.41, 5.74) is 5.46. The number of nitrogens with two attached hydrogens (primary N) is 1. The Morgan fingerprint density at radius 2 is 2.29 bits per heavy atom. The second-order valence-corrected chi connectivity index (χ2v) is 6.12. The van der Waals surface area contributed by atoms with Crippen LogP contribution >= 0.6 is 0 Å². The van der Waals surface area contributed by atoms with Crippen molar-refractivity contribution in [1.82, 2.24) is 14.3 Å². The first-order valence-corrected chi connectivity index (χ1v) is 7.30. The van der Waals surface area contributed by atoms with Crippen LogP contribution in [0, 0.1) is 0 Å². The lowest BCUT2D eigenvalue weighted by molar-refractivity contribution is 0.218. The summed E-state index contributed by atoms with van der Waals surface area (Å²) in [4.78, 5) is 6.43. The average molecular weight is 258 g/mol. The van der Waals surface area contributed by atoms with Gasteiger partial charge in [-0.2, -0.15) is 4.31 Å². The fourth-order valence-corrected chi connectivity index (χ4v) is 3.55. The van der Waals surface area contributed by atoms with Crippen molar-refractivity contribution in [2.75, 3.05) is 13.1 Å². The monoisotopic (exact) mass is 258 g/mol. The minimum atomic E-state index is -3.43. The van der Waals surface area contributed by atoms with E-state index in [1.165, 1.54) is 12.5 Å². The summed E-state index contributed by atoms with van der Waals surface area (Å²) in [6.07, 6.45) is 6.40. The topological polar surface area (TPSA) is 92.1 Å². The van der Waals surface area contributed by atoms with Crippen molar-refractivity contribution in [2.45, 2.75) is 36.8 Å². The Morgan fingerprint density at radius 3 is 2.76 bits per heavy atom. The number of nitrogens with one attached hydrogen (secondary N) is 1. The van der Waals surface area contributed by atoms with Gasteiger partial charge in [0.1, 0.15) is 0 Å². The highest BCUT2D eigenvalue weighted by Gasteiger charge is 2.34. The Labute approximate surface area is 101 Å². The molecule has 1 aliphatic carbocycles. The zero-order chi connectivity index (χ0) is 12.3. The SMILES string of the molecule is NCCCN(C1CCC1)S(=O)(=O)c1cnc[nH]1. The van der Waals surface area contributed by atoms with Gasteiger partial charge in [-0.05, 0) is 25.8 Å². The number of hydrogen-bond donors (Lipinski definition) is 2. The molecule has 0 aliphatic heterocycles. The highest BCUT2D eigenvalue weighted by molar-refractivity contribution is 7.89. The molecule has 1 aromatic rings. The first-order valence-electron chi connectivity index (χ1n) is 5.86. The number of aromatic nitrogens is 2. The fourth-order valence-electron chi connectivity index (χ4n) is 1.93. The van der Waals surface area contributed by atoms with Crippen LogP contribution in [0.5, 0.6) is 0 Å². The Morgan fingerprint density at radius 1 is 1.53 bits per heavy atom. The van der Waals surface area contributed by atoms with Crippen molar-refractivity contribution in [2.24, 2.45) is 5.73 Å². The summed E-state index contributed by atoms with van der Waals surface area (Å²) in [6.45, 7) is 0.990. The highest BCUT2D eigenvalue weighted by Crippen LogP contribution is 2.29. The minimum absolute atomic E-state index is 0.134. The number of imidazole rings is 1. The number of aromatic amines is 1. The van der Waals surface area contributed by atoms with Crippen LogP contribution in [0.1, 0.15) is 25.7 Å². The molecule has 0 unspecified atom stereocenters. The van der Waals surface area contributed by atoms with Gasteiger partial charge in [-0.25, -0.2) is 13.4 Å². The molecule has 3 N–H and O–H groups in total. The lowest BCUT2D eigenvalue weighted by atomic mass is 9.93. The molecule has 0 amide bonds. The molecule has 1 aliphatic rings. The molecule has 0 saturated heterocycles. The van der Waals surface area contributed by atoms with Crippen LogP contribution < -0.4 is 5.73 Å². The van der Waals surface area contributed by atoms with Crippen LogP contribution in [-0.4, -0.2) is 41.8 Å². The Kier molecular flexibility index (Phi) is 3.80. The highest BCUT2D eigenvalue weighted by atomic mass is 32.2. The maximum Gasteiger partial charge on any atom is 0.260 e. The van der Waals surface area contributed by atoms with E-state index in [0.717, 1.165) is 19.3 Å². The number of nitrogens with zero attached hydrogens (tertiary/aromatic N) is 2. The normalized spacial score (nSPS) is 17.3. The molecular formula is C10H18N4O2S. The number of rotatable bonds is 6. The molecule has 0 radical (unpaired) electrons. The van der Waals surface area contributed by atoms with E-state index in [9.17, 15) is 8.42 Å². The molecule has 1 aromatic heterocycles. The third-order valence-corrected chi connectivity index (χ3v) is 5.00. The molecule has 0 atom stereocenters. The Hall–Kier alpha value is -0.920. The third kappa shape index (κ3) is 2.51. The second-order valence-electron chi connectivity index (χ2n) is 4.26. The summed E-state index contributed by atoms with van der Waals surface area (Å²) in [7, 11) is -3.43. The maximum absolute atomic E-state index is 12.3. The molecule has 2 rings (SSSR count). The fraction of sp³-hybridized carbons (Fsp3) is 0.700. The van der Waals surface area contributed by atoms with E-state index < -0.39 is 10.0 Å². The lowest BCUT2D eigenvalue weighted by Crippen LogP contribution is -2.45. The van der Waals surface area contributed by atoms with Crippen LogP contribution in [0.2, 0.25) is 0 Å². The van der Waals surface area contributed by atoms with Gasteiger partial charge in [0.25, 0.3) is 10.0 Å².